The fraction of sp³-hybridized carbons (Fsp3) is 0.273. The fourth-order valence-corrected chi connectivity index (χ4v) is 1.39. The molecular weight excluding hydrogens is 212 g/mol. The Labute approximate surface area is 82.4 Å². The van der Waals surface area contributed by atoms with E-state index in [0.29, 0.717) is 0 Å². The molecule has 0 aliphatic rings. The number of halogens is 1. The minimum Gasteiger partial charge on any atom is -0.0732 e. The smallest absolute Gasteiger partial charge is 0.00865 e. The van der Waals surface area contributed by atoms with Crippen LogP contribution < -0.4 is 0 Å². The molecule has 0 nitrogen and oxygen atoms in total. The van der Waals surface area contributed by atoms with Crippen molar-refractivity contribution < 1.29 is 0 Å². The zero-order valence-corrected chi connectivity index (χ0v) is 9.06. The van der Waals surface area contributed by atoms with Crippen LogP contribution in [0.5, 0.6) is 0 Å². The van der Waals surface area contributed by atoms with Crippen LogP contribution in [0.1, 0.15) is 16.7 Å². The van der Waals surface area contributed by atoms with Gasteiger partial charge in [-0.1, -0.05) is 40.2 Å². The van der Waals surface area contributed by atoms with Gasteiger partial charge in [-0.2, -0.15) is 0 Å². The fourth-order valence-electron chi connectivity index (χ4n) is 1.20. The Kier molecular flexibility index (Phi) is 3.54. The van der Waals surface area contributed by atoms with Crippen LogP contribution in [0.3, 0.4) is 0 Å². The summed E-state index contributed by atoms with van der Waals surface area (Å²) in [5, 5.41) is 0. The minimum absolute atomic E-state index is 1.01. The maximum Gasteiger partial charge on any atom is -0.00865 e. The largest absolute Gasteiger partial charge is 0.0732 e. The highest BCUT2D eigenvalue weighted by Crippen LogP contribution is 2.13. The summed E-state index contributed by atoms with van der Waals surface area (Å²) in [6.45, 7) is 4.32. The van der Waals surface area contributed by atoms with Gasteiger partial charge in [0.15, 0.2) is 0 Å². The first-order valence-electron chi connectivity index (χ1n) is 4.06. The highest BCUT2D eigenvalue weighted by molar-refractivity contribution is 9.11. The number of hydrogen-bond acceptors (Lipinski definition) is 0. The Hall–Kier alpha value is -0.560. The molecule has 12 heavy (non-hydrogen) atoms. The summed E-state index contributed by atoms with van der Waals surface area (Å²) in [7, 11) is 0. The summed E-state index contributed by atoms with van der Waals surface area (Å²) in [6, 6.07) is 6.44. The lowest BCUT2D eigenvalue weighted by atomic mass is 10.0. The van der Waals surface area contributed by atoms with Gasteiger partial charge in [-0.05, 0) is 41.9 Å². The molecule has 1 aromatic rings. The van der Waals surface area contributed by atoms with Crippen LogP contribution in [0.25, 0.3) is 0 Å². The van der Waals surface area contributed by atoms with Crippen molar-refractivity contribution in [2.24, 2.45) is 0 Å². The molecule has 0 saturated carbocycles. The molecule has 0 aliphatic heterocycles. The maximum atomic E-state index is 3.27. The molecule has 0 unspecified atom stereocenters. The van der Waals surface area contributed by atoms with Crippen molar-refractivity contribution in [2.45, 2.75) is 20.3 Å². The van der Waals surface area contributed by atoms with Crippen LogP contribution in [0.4, 0.5) is 0 Å². The molecule has 0 aromatic heterocycles. The molecule has 0 heterocycles. The molecule has 0 atom stereocenters. The third kappa shape index (κ3) is 2.21. The number of aryl methyl sites for hydroxylation is 1. The number of allylic oxidation sites excluding steroid dienone is 1. The summed E-state index contributed by atoms with van der Waals surface area (Å²) < 4.78 is 0. The number of rotatable bonds is 2. The molecule has 0 N–H and O–H groups in total. The zero-order valence-electron chi connectivity index (χ0n) is 7.47. The lowest BCUT2D eigenvalue weighted by molar-refractivity contribution is 1.18. The van der Waals surface area contributed by atoms with E-state index < -0.39 is 0 Å². The highest BCUT2D eigenvalue weighted by Gasteiger charge is 1.97. The average molecular weight is 225 g/mol. The van der Waals surface area contributed by atoms with Crippen molar-refractivity contribution in [3.8, 4) is 0 Å². The predicted octanol–water partition coefficient (Wildman–Crippen LogP) is 3.75. The molecule has 0 bridgehead atoms. The van der Waals surface area contributed by atoms with E-state index in [-0.39, 0.29) is 0 Å². The standard InChI is InChI=1S/C11H13Br/c1-9-5-3-6-11(10(9)2)7-4-8-12/h3-6,8H,7H2,1-2H3/b8-4+. The summed E-state index contributed by atoms with van der Waals surface area (Å²) >= 11 is 3.27. The number of hydrogen-bond donors (Lipinski definition) is 0. The molecule has 1 heteroatoms. The lowest BCUT2D eigenvalue weighted by Gasteiger charge is -2.04. The van der Waals surface area contributed by atoms with Crippen LogP contribution in [0.2, 0.25) is 0 Å². The van der Waals surface area contributed by atoms with Gasteiger partial charge in [-0.3, -0.25) is 0 Å². The Bertz CT molecular complexity index is 287. The Morgan fingerprint density at radius 3 is 2.75 bits per heavy atom. The molecule has 64 valence electrons. The molecule has 0 fully saturated rings. The average Bonchev–Trinajstić information content (AvgIpc) is 2.08. The normalized spacial score (nSPS) is 10.9. The van der Waals surface area contributed by atoms with E-state index in [0.717, 1.165) is 6.42 Å². The van der Waals surface area contributed by atoms with Gasteiger partial charge in [-0.25, -0.2) is 0 Å². The monoisotopic (exact) mass is 224 g/mol. The molecule has 1 aromatic carbocycles. The Balaban J connectivity index is 2.92. The van der Waals surface area contributed by atoms with Crippen LogP contribution in [0, 0.1) is 13.8 Å². The lowest BCUT2D eigenvalue weighted by Crippen LogP contribution is -1.89. The van der Waals surface area contributed by atoms with E-state index in [1.807, 2.05) is 4.99 Å². The molecule has 0 spiro atoms. The van der Waals surface area contributed by atoms with Crippen molar-refractivity contribution >= 4 is 15.9 Å². The Morgan fingerprint density at radius 1 is 1.33 bits per heavy atom. The summed E-state index contributed by atoms with van der Waals surface area (Å²) in [6.07, 6.45) is 3.13. The van der Waals surface area contributed by atoms with Gasteiger partial charge in [-0.15, -0.1) is 0 Å². The van der Waals surface area contributed by atoms with Crippen LogP contribution in [-0.2, 0) is 6.42 Å². The van der Waals surface area contributed by atoms with Crippen LogP contribution in [0.15, 0.2) is 29.3 Å². The molecule has 0 saturated heterocycles. The van der Waals surface area contributed by atoms with Gasteiger partial charge >= 0.3 is 0 Å². The van der Waals surface area contributed by atoms with Gasteiger partial charge in [0.2, 0.25) is 0 Å². The van der Waals surface area contributed by atoms with Crippen molar-refractivity contribution in [3.63, 3.8) is 0 Å². The van der Waals surface area contributed by atoms with Crippen LogP contribution >= 0.6 is 15.9 Å². The van der Waals surface area contributed by atoms with Gasteiger partial charge in [0.1, 0.15) is 0 Å². The molecular formula is C11H13Br. The van der Waals surface area contributed by atoms with E-state index in [4.69, 9.17) is 0 Å². The second-order valence-corrected chi connectivity index (χ2v) is 3.45. The van der Waals surface area contributed by atoms with Crippen LogP contribution in [-0.4, -0.2) is 0 Å². The second kappa shape index (κ2) is 4.46. The van der Waals surface area contributed by atoms with E-state index in [2.05, 4.69) is 54.1 Å². The van der Waals surface area contributed by atoms with Gasteiger partial charge in [0.25, 0.3) is 0 Å². The van der Waals surface area contributed by atoms with Gasteiger partial charge in [0.05, 0.1) is 0 Å². The summed E-state index contributed by atoms with van der Waals surface area (Å²) in [5.41, 5.74) is 4.18. The third-order valence-corrected chi connectivity index (χ3v) is 2.52. The summed E-state index contributed by atoms with van der Waals surface area (Å²) in [5.74, 6) is 0. The highest BCUT2D eigenvalue weighted by atomic mass is 79.9. The van der Waals surface area contributed by atoms with Crippen molar-refractivity contribution in [3.05, 3.63) is 46.0 Å². The molecule has 0 amide bonds. The number of benzene rings is 1. The first-order valence-corrected chi connectivity index (χ1v) is 4.97. The SMILES string of the molecule is Cc1cccc(C/C=C/Br)c1C. The molecule has 1 rings (SSSR count). The van der Waals surface area contributed by atoms with Crippen molar-refractivity contribution in [1.82, 2.24) is 0 Å². The van der Waals surface area contributed by atoms with E-state index in [1.165, 1.54) is 16.7 Å². The van der Waals surface area contributed by atoms with Crippen molar-refractivity contribution in [2.75, 3.05) is 0 Å². The van der Waals surface area contributed by atoms with Crippen molar-refractivity contribution in [1.29, 1.82) is 0 Å². The quantitative estimate of drug-likeness (QED) is 0.718. The first-order chi connectivity index (χ1) is 5.75. The maximum absolute atomic E-state index is 3.27. The molecule has 0 radical (unpaired) electrons. The van der Waals surface area contributed by atoms with E-state index in [9.17, 15) is 0 Å². The van der Waals surface area contributed by atoms with E-state index in [1.54, 1.807) is 0 Å². The topological polar surface area (TPSA) is 0 Å². The zero-order chi connectivity index (χ0) is 8.97. The van der Waals surface area contributed by atoms with Gasteiger partial charge < -0.3 is 0 Å². The second-order valence-electron chi connectivity index (χ2n) is 2.92. The molecule has 0 aliphatic carbocycles. The first kappa shape index (κ1) is 9.53. The minimum atomic E-state index is 1.01. The Morgan fingerprint density at radius 2 is 2.08 bits per heavy atom. The third-order valence-electron chi connectivity index (χ3n) is 2.14. The van der Waals surface area contributed by atoms with E-state index >= 15 is 0 Å². The predicted molar refractivity (Wildman–Crippen MR) is 57.7 cm³/mol. The van der Waals surface area contributed by atoms with Gasteiger partial charge in [0, 0.05) is 0 Å². The summed E-state index contributed by atoms with van der Waals surface area (Å²) in [4.78, 5) is 1.91.